The van der Waals surface area contributed by atoms with Crippen LogP contribution in [0, 0.1) is 0 Å². The van der Waals surface area contributed by atoms with E-state index in [-0.39, 0.29) is 6.10 Å². The van der Waals surface area contributed by atoms with Crippen molar-refractivity contribution in [2.75, 3.05) is 5.88 Å². The molecular weight excluding hydrogens is 208 g/mol. The fourth-order valence-electron chi connectivity index (χ4n) is 1.27. The minimum Gasteiger partial charge on any atom is -0.490 e. The molecule has 1 aromatic carbocycles. The van der Waals surface area contributed by atoms with E-state index in [0.29, 0.717) is 5.88 Å². The first-order chi connectivity index (χ1) is 7.13. The molecule has 0 heterocycles. The quantitative estimate of drug-likeness (QED) is 0.700. The second kappa shape index (κ2) is 5.82. The first-order valence-electron chi connectivity index (χ1n) is 5.12. The second-order valence-corrected chi connectivity index (χ2v) is 4.10. The third kappa shape index (κ3) is 3.96. The Morgan fingerprint density at radius 1 is 1.40 bits per heavy atom. The van der Waals surface area contributed by atoms with Crippen molar-refractivity contribution < 1.29 is 4.74 Å². The molecule has 0 spiro atoms. The molecule has 2 heteroatoms. The average Bonchev–Trinajstić information content (AvgIpc) is 2.20. The number of halogens is 1. The minimum absolute atomic E-state index is 0.191. The summed E-state index contributed by atoms with van der Waals surface area (Å²) < 4.78 is 5.70. The number of benzene rings is 1. The summed E-state index contributed by atoms with van der Waals surface area (Å²) in [5, 5.41) is 0. The van der Waals surface area contributed by atoms with Crippen molar-refractivity contribution >= 4 is 17.7 Å². The van der Waals surface area contributed by atoms with Gasteiger partial charge in [0.2, 0.25) is 0 Å². The van der Waals surface area contributed by atoms with Crippen molar-refractivity contribution in [2.24, 2.45) is 0 Å². The van der Waals surface area contributed by atoms with Crippen LogP contribution in [0.5, 0.6) is 5.75 Å². The summed E-state index contributed by atoms with van der Waals surface area (Å²) in [6.07, 6.45) is 2.25. The van der Waals surface area contributed by atoms with Crippen LogP contribution in [-0.4, -0.2) is 12.0 Å². The number of para-hydroxylation sites is 1. The van der Waals surface area contributed by atoms with Gasteiger partial charge in [0, 0.05) is 11.4 Å². The lowest BCUT2D eigenvalue weighted by Gasteiger charge is -2.12. The Kier molecular flexibility index (Phi) is 4.70. The Balaban J connectivity index is 2.96. The van der Waals surface area contributed by atoms with E-state index in [1.807, 2.05) is 45.0 Å². The number of ether oxygens (including phenoxy) is 1. The molecule has 0 aliphatic carbocycles. The molecule has 0 aliphatic heterocycles. The molecule has 82 valence electrons. The fraction of sp³-hybridized carbons (Fsp3) is 0.385. The zero-order chi connectivity index (χ0) is 11.3. The third-order valence-electron chi connectivity index (χ3n) is 1.89. The Bertz CT molecular complexity index is 342. The van der Waals surface area contributed by atoms with Crippen LogP contribution >= 0.6 is 11.6 Å². The van der Waals surface area contributed by atoms with Crippen molar-refractivity contribution in [1.82, 2.24) is 0 Å². The van der Waals surface area contributed by atoms with Gasteiger partial charge in [0.1, 0.15) is 5.75 Å². The molecule has 0 amide bonds. The number of rotatable bonds is 4. The summed E-state index contributed by atoms with van der Waals surface area (Å²) in [7, 11) is 0. The average molecular weight is 225 g/mol. The van der Waals surface area contributed by atoms with E-state index in [9.17, 15) is 0 Å². The summed E-state index contributed by atoms with van der Waals surface area (Å²) in [6, 6.07) is 7.99. The lowest BCUT2D eigenvalue weighted by atomic mass is 10.1. The summed E-state index contributed by atoms with van der Waals surface area (Å²) in [6.45, 7) is 6.06. The molecule has 0 aliphatic rings. The smallest absolute Gasteiger partial charge is 0.126 e. The maximum Gasteiger partial charge on any atom is 0.126 e. The summed E-state index contributed by atoms with van der Waals surface area (Å²) in [4.78, 5) is 0. The van der Waals surface area contributed by atoms with E-state index in [1.165, 1.54) is 0 Å². The number of hydrogen-bond acceptors (Lipinski definition) is 1. The second-order valence-electron chi connectivity index (χ2n) is 3.83. The van der Waals surface area contributed by atoms with E-state index < -0.39 is 0 Å². The molecule has 0 saturated carbocycles. The van der Waals surface area contributed by atoms with E-state index in [0.717, 1.165) is 16.9 Å². The highest BCUT2D eigenvalue weighted by Gasteiger charge is 2.02. The summed E-state index contributed by atoms with van der Waals surface area (Å²) >= 11 is 5.75. The van der Waals surface area contributed by atoms with Gasteiger partial charge in [-0.1, -0.05) is 29.8 Å². The first kappa shape index (κ1) is 12.1. The van der Waals surface area contributed by atoms with Gasteiger partial charge in [-0.3, -0.25) is 0 Å². The predicted octanol–water partition coefficient (Wildman–Crippen LogP) is 4.12. The first-order valence-corrected chi connectivity index (χ1v) is 5.65. The Labute approximate surface area is 96.7 Å². The monoisotopic (exact) mass is 224 g/mol. The fourth-order valence-corrected chi connectivity index (χ4v) is 1.34. The van der Waals surface area contributed by atoms with Gasteiger partial charge in [-0.05, 0) is 26.8 Å². The molecule has 1 aromatic rings. The van der Waals surface area contributed by atoms with E-state index in [4.69, 9.17) is 16.3 Å². The number of hydrogen-bond donors (Lipinski definition) is 0. The van der Waals surface area contributed by atoms with E-state index in [1.54, 1.807) is 0 Å². The molecule has 1 rings (SSSR count). The Morgan fingerprint density at radius 3 is 2.67 bits per heavy atom. The van der Waals surface area contributed by atoms with Crippen LogP contribution in [0.25, 0.3) is 6.08 Å². The molecule has 0 N–H and O–H groups in total. The molecule has 0 unspecified atom stereocenters. The standard InChI is InChI=1S/C13H17ClO/c1-10(2)15-13-7-5-4-6-12(13)8-11(3)9-14/h4-8,10H,9H2,1-3H3. The highest BCUT2D eigenvalue weighted by molar-refractivity contribution is 6.19. The van der Waals surface area contributed by atoms with Gasteiger partial charge in [0.05, 0.1) is 6.10 Å². The van der Waals surface area contributed by atoms with Gasteiger partial charge < -0.3 is 4.74 Å². The molecular formula is C13H17ClO. The summed E-state index contributed by atoms with van der Waals surface area (Å²) in [5.74, 6) is 1.47. The van der Waals surface area contributed by atoms with Crippen molar-refractivity contribution in [1.29, 1.82) is 0 Å². The maximum atomic E-state index is 5.75. The molecule has 0 aromatic heterocycles. The van der Waals surface area contributed by atoms with Crippen LogP contribution in [0.2, 0.25) is 0 Å². The van der Waals surface area contributed by atoms with Crippen LogP contribution in [0.4, 0.5) is 0 Å². The van der Waals surface area contributed by atoms with Crippen molar-refractivity contribution in [2.45, 2.75) is 26.9 Å². The molecule has 1 nitrogen and oxygen atoms in total. The third-order valence-corrected chi connectivity index (χ3v) is 2.32. The normalized spacial score (nSPS) is 11.9. The van der Waals surface area contributed by atoms with Crippen molar-refractivity contribution in [3.8, 4) is 5.75 Å². The van der Waals surface area contributed by atoms with E-state index >= 15 is 0 Å². The Morgan fingerprint density at radius 2 is 2.07 bits per heavy atom. The number of alkyl halides is 1. The zero-order valence-corrected chi connectivity index (χ0v) is 10.2. The predicted molar refractivity (Wildman–Crippen MR) is 66.6 cm³/mol. The topological polar surface area (TPSA) is 9.23 Å². The van der Waals surface area contributed by atoms with E-state index in [2.05, 4.69) is 6.08 Å². The SMILES string of the molecule is CC(=Cc1ccccc1OC(C)C)CCl. The van der Waals surface area contributed by atoms with Crippen LogP contribution in [-0.2, 0) is 0 Å². The van der Waals surface area contributed by atoms with Crippen molar-refractivity contribution in [3.63, 3.8) is 0 Å². The molecule has 0 saturated heterocycles. The van der Waals surface area contributed by atoms with Gasteiger partial charge in [-0.25, -0.2) is 0 Å². The molecule has 15 heavy (non-hydrogen) atoms. The lowest BCUT2D eigenvalue weighted by Crippen LogP contribution is -2.06. The largest absolute Gasteiger partial charge is 0.490 e. The van der Waals surface area contributed by atoms with Crippen LogP contribution in [0.15, 0.2) is 29.8 Å². The van der Waals surface area contributed by atoms with Crippen LogP contribution < -0.4 is 4.74 Å². The van der Waals surface area contributed by atoms with Gasteiger partial charge in [0.15, 0.2) is 0 Å². The minimum atomic E-state index is 0.191. The lowest BCUT2D eigenvalue weighted by molar-refractivity contribution is 0.242. The van der Waals surface area contributed by atoms with Crippen LogP contribution in [0.1, 0.15) is 26.3 Å². The van der Waals surface area contributed by atoms with Gasteiger partial charge in [-0.2, -0.15) is 0 Å². The molecule has 0 bridgehead atoms. The highest BCUT2D eigenvalue weighted by Crippen LogP contribution is 2.22. The zero-order valence-electron chi connectivity index (χ0n) is 9.46. The molecule has 0 fully saturated rings. The van der Waals surface area contributed by atoms with Gasteiger partial charge >= 0.3 is 0 Å². The molecule has 0 atom stereocenters. The van der Waals surface area contributed by atoms with Crippen molar-refractivity contribution in [3.05, 3.63) is 35.4 Å². The highest BCUT2D eigenvalue weighted by atomic mass is 35.5. The molecule has 0 radical (unpaired) electrons. The number of allylic oxidation sites excluding steroid dienone is 1. The van der Waals surface area contributed by atoms with Crippen LogP contribution in [0.3, 0.4) is 0 Å². The maximum absolute atomic E-state index is 5.75. The van der Waals surface area contributed by atoms with Gasteiger partial charge in [0.25, 0.3) is 0 Å². The summed E-state index contributed by atoms with van der Waals surface area (Å²) in [5.41, 5.74) is 2.22. The van der Waals surface area contributed by atoms with Gasteiger partial charge in [-0.15, -0.1) is 11.6 Å². The Hall–Kier alpha value is -0.950.